The van der Waals surface area contributed by atoms with Crippen molar-refractivity contribution in [2.24, 2.45) is 17.8 Å². The van der Waals surface area contributed by atoms with Crippen molar-refractivity contribution in [3.05, 3.63) is 11.6 Å². The van der Waals surface area contributed by atoms with E-state index in [9.17, 15) is 23.2 Å². The highest BCUT2D eigenvalue weighted by atomic mass is 32.2. The van der Waals surface area contributed by atoms with Gasteiger partial charge in [0, 0.05) is 5.92 Å². The summed E-state index contributed by atoms with van der Waals surface area (Å²) in [7, 11) is -4.27. The molecule has 1 saturated carbocycles. The number of rotatable bonds is 3. The second-order valence-electron chi connectivity index (χ2n) is 7.25. The zero-order valence-electron chi connectivity index (χ0n) is 12.9. The third-order valence-corrected chi connectivity index (χ3v) is 6.08. The van der Waals surface area contributed by atoms with Crippen LogP contribution in [-0.2, 0) is 10.1 Å². The molecule has 2 aliphatic rings. The third-order valence-electron chi connectivity index (χ3n) is 5.22. The summed E-state index contributed by atoms with van der Waals surface area (Å²) in [6.45, 7) is 5.85. The number of aliphatic hydroxyl groups is 2. The first kappa shape index (κ1) is 16.9. The van der Waals surface area contributed by atoms with Crippen molar-refractivity contribution < 1.29 is 23.2 Å². The van der Waals surface area contributed by atoms with Crippen molar-refractivity contribution >= 4 is 10.1 Å². The summed E-state index contributed by atoms with van der Waals surface area (Å²) in [5, 5.41) is 21.5. The van der Waals surface area contributed by atoms with E-state index < -0.39 is 27.1 Å². The minimum absolute atomic E-state index is 0.274. The Labute approximate surface area is 126 Å². The highest BCUT2D eigenvalue weighted by Crippen LogP contribution is 2.50. The summed E-state index contributed by atoms with van der Waals surface area (Å²) < 4.78 is 31.8. The summed E-state index contributed by atoms with van der Waals surface area (Å²) >= 11 is 0. The predicted octanol–water partition coefficient (Wildman–Crippen LogP) is 1.76. The van der Waals surface area contributed by atoms with Crippen LogP contribution in [-0.4, -0.2) is 40.1 Å². The molecule has 4 atom stereocenters. The average Bonchev–Trinajstić information content (AvgIpc) is 2.48. The Balaban J connectivity index is 2.42. The fourth-order valence-corrected chi connectivity index (χ4v) is 4.95. The van der Waals surface area contributed by atoms with Gasteiger partial charge >= 0.3 is 0 Å². The van der Waals surface area contributed by atoms with Crippen LogP contribution in [0, 0.1) is 17.8 Å². The molecule has 6 heteroatoms. The van der Waals surface area contributed by atoms with Crippen LogP contribution in [0.4, 0.5) is 0 Å². The van der Waals surface area contributed by atoms with Crippen LogP contribution < -0.4 is 0 Å². The van der Waals surface area contributed by atoms with Gasteiger partial charge in [0.25, 0.3) is 10.1 Å². The van der Waals surface area contributed by atoms with Crippen LogP contribution in [0.15, 0.2) is 11.6 Å². The highest BCUT2D eigenvalue weighted by Gasteiger charge is 2.54. The molecule has 0 aliphatic heterocycles. The highest BCUT2D eigenvalue weighted by molar-refractivity contribution is 7.85. The van der Waals surface area contributed by atoms with Crippen LogP contribution in [0.1, 0.15) is 46.5 Å². The fourth-order valence-electron chi connectivity index (χ4n) is 3.96. The maximum Gasteiger partial charge on any atom is 0.267 e. The van der Waals surface area contributed by atoms with Crippen molar-refractivity contribution in [3.8, 4) is 0 Å². The molecule has 0 saturated heterocycles. The molecular weight excluding hydrogens is 292 g/mol. The third kappa shape index (κ3) is 3.50. The Hall–Kier alpha value is -0.430. The average molecular weight is 318 g/mol. The maximum atomic E-state index is 11.3. The fraction of sp³-hybridized carbons (Fsp3) is 0.867. The molecule has 122 valence electrons. The van der Waals surface area contributed by atoms with Gasteiger partial charge < -0.3 is 10.2 Å². The quantitative estimate of drug-likeness (QED) is 0.544. The zero-order valence-corrected chi connectivity index (χ0v) is 13.7. The lowest BCUT2D eigenvalue weighted by Crippen LogP contribution is -2.47. The summed E-state index contributed by atoms with van der Waals surface area (Å²) in [6.07, 6.45) is 4.01. The van der Waals surface area contributed by atoms with Crippen LogP contribution in [0.3, 0.4) is 0 Å². The van der Waals surface area contributed by atoms with E-state index in [-0.39, 0.29) is 17.8 Å². The van der Waals surface area contributed by atoms with E-state index in [1.54, 1.807) is 6.92 Å². The molecule has 3 N–H and O–H groups in total. The van der Waals surface area contributed by atoms with E-state index in [1.165, 1.54) is 0 Å². The molecule has 21 heavy (non-hydrogen) atoms. The summed E-state index contributed by atoms with van der Waals surface area (Å²) in [5.74, 6) is -0.985. The number of allylic oxidation sites excluding steroid dienone is 1. The molecule has 0 aromatic heterocycles. The van der Waals surface area contributed by atoms with Gasteiger partial charge in [-0.25, -0.2) is 0 Å². The van der Waals surface area contributed by atoms with E-state index in [1.807, 2.05) is 6.08 Å². The van der Waals surface area contributed by atoms with Crippen LogP contribution in [0.2, 0.25) is 0 Å². The van der Waals surface area contributed by atoms with Gasteiger partial charge in [-0.2, -0.15) is 8.42 Å². The normalized spacial score (nSPS) is 40.8. The van der Waals surface area contributed by atoms with Crippen molar-refractivity contribution in [2.75, 3.05) is 5.75 Å². The second kappa shape index (κ2) is 5.33. The largest absolute Gasteiger partial charge is 0.390 e. The standard InChI is InChI=1S/C15H26O5S/c1-10(2)11-4-7-15(17,9-21(18,19)20)12-5-6-14(3,16)13(12)8-11/h8,10,12-13,16-17H,4-7,9H2,1-3H3,(H,18,19,20)/t12-,13+,14+,15+/m0/s1. The minimum atomic E-state index is -4.27. The van der Waals surface area contributed by atoms with E-state index >= 15 is 0 Å². The van der Waals surface area contributed by atoms with Gasteiger partial charge in [0.2, 0.25) is 0 Å². The van der Waals surface area contributed by atoms with Gasteiger partial charge in [0.15, 0.2) is 0 Å². The van der Waals surface area contributed by atoms with Crippen molar-refractivity contribution in [2.45, 2.75) is 57.7 Å². The minimum Gasteiger partial charge on any atom is -0.390 e. The molecule has 0 aromatic rings. The Morgan fingerprint density at radius 2 is 1.95 bits per heavy atom. The lowest BCUT2D eigenvalue weighted by molar-refractivity contribution is -0.0404. The first-order chi connectivity index (χ1) is 9.45. The van der Waals surface area contributed by atoms with E-state index in [0.29, 0.717) is 25.7 Å². The number of hydrogen-bond acceptors (Lipinski definition) is 4. The van der Waals surface area contributed by atoms with Gasteiger partial charge in [-0.05, 0) is 44.4 Å². The molecule has 0 spiro atoms. The van der Waals surface area contributed by atoms with Gasteiger partial charge in [-0.1, -0.05) is 25.5 Å². The predicted molar refractivity (Wildman–Crippen MR) is 80.4 cm³/mol. The maximum absolute atomic E-state index is 11.3. The van der Waals surface area contributed by atoms with Gasteiger partial charge in [0.05, 0.1) is 11.2 Å². The first-order valence-corrected chi connectivity index (χ1v) is 9.16. The van der Waals surface area contributed by atoms with Crippen molar-refractivity contribution in [1.82, 2.24) is 0 Å². The lowest BCUT2D eigenvalue weighted by atomic mass is 9.77. The molecule has 2 aliphatic carbocycles. The van der Waals surface area contributed by atoms with Gasteiger partial charge in [-0.3, -0.25) is 4.55 Å². The Morgan fingerprint density at radius 3 is 2.48 bits per heavy atom. The number of fused-ring (bicyclic) bond motifs is 1. The van der Waals surface area contributed by atoms with Crippen LogP contribution in [0.5, 0.6) is 0 Å². The van der Waals surface area contributed by atoms with Crippen LogP contribution in [0.25, 0.3) is 0 Å². The molecule has 1 fully saturated rings. The van der Waals surface area contributed by atoms with E-state index in [0.717, 1.165) is 5.57 Å². The van der Waals surface area contributed by atoms with Crippen molar-refractivity contribution in [1.29, 1.82) is 0 Å². The topological polar surface area (TPSA) is 94.8 Å². The zero-order chi connectivity index (χ0) is 16.1. The van der Waals surface area contributed by atoms with Gasteiger partial charge in [0.1, 0.15) is 5.75 Å². The first-order valence-electron chi connectivity index (χ1n) is 7.55. The molecule has 0 bridgehead atoms. The molecule has 0 radical (unpaired) electrons. The Bertz CT molecular complexity index is 534. The lowest BCUT2D eigenvalue weighted by Gasteiger charge is -2.36. The summed E-state index contributed by atoms with van der Waals surface area (Å²) in [4.78, 5) is 0. The number of hydrogen-bond donors (Lipinski definition) is 3. The second-order valence-corrected chi connectivity index (χ2v) is 8.71. The molecule has 5 nitrogen and oxygen atoms in total. The monoisotopic (exact) mass is 318 g/mol. The molecular formula is C15H26O5S. The Morgan fingerprint density at radius 1 is 1.33 bits per heavy atom. The SMILES string of the molecule is CC(C)C1=C[C@@H]2[C@H](CC[C@@]2(C)O)[C@](O)(CS(=O)(=O)O)CC1. The Kier molecular flexibility index (Phi) is 4.30. The summed E-state index contributed by atoms with van der Waals surface area (Å²) in [6, 6.07) is 0. The smallest absolute Gasteiger partial charge is 0.267 e. The van der Waals surface area contributed by atoms with E-state index in [2.05, 4.69) is 13.8 Å². The van der Waals surface area contributed by atoms with Gasteiger partial charge in [-0.15, -0.1) is 0 Å². The molecule has 2 rings (SSSR count). The summed E-state index contributed by atoms with van der Waals surface area (Å²) in [5.41, 5.74) is -1.28. The molecule has 0 heterocycles. The van der Waals surface area contributed by atoms with E-state index in [4.69, 9.17) is 0 Å². The molecule has 0 unspecified atom stereocenters. The molecule has 0 aromatic carbocycles. The van der Waals surface area contributed by atoms with Crippen LogP contribution >= 0.6 is 0 Å². The van der Waals surface area contributed by atoms with Crippen molar-refractivity contribution in [3.63, 3.8) is 0 Å². The molecule has 0 amide bonds.